The number of nitrogens with one attached hydrogen (secondary N) is 2. The number of carbonyl (C=O) groups excluding carboxylic acids is 1. The number of carbonyl (C=O) groups is 2. The van der Waals surface area contributed by atoms with E-state index >= 15 is 0 Å². The van der Waals surface area contributed by atoms with Crippen LogP contribution in [-0.4, -0.2) is 65.0 Å². The zero-order valence-electron chi connectivity index (χ0n) is 26.3. The minimum Gasteiger partial charge on any atom is -0.492 e. The van der Waals surface area contributed by atoms with Gasteiger partial charge < -0.3 is 29.8 Å². The number of hydrogen-bond acceptors (Lipinski definition) is 6. The molecule has 5 rings (SSSR count). The fourth-order valence-electron chi connectivity index (χ4n) is 5.73. The average Bonchev–Trinajstić information content (AvgIpc) is 3.74. The first-order chi connectivity index (χ1) is 20.9. The molecule has 0 unspecified atom stereocenters. The lowest BCUT2D eigenvalue weighted by Crippen LogP contribution is -2.43. The lowest BCUT2D eigenvalue weighted by atomic mass is 9.91. The van der Waals surface area contributed by atoms with Gasteiger partial charge in [-0.25, -0.2) is 19.2 Å². The number of halogens is 1. The maximum atomic E-state index is 14.8. The standard InChI is InChI=1S/C32H44FN5O5Si/c1-19-14-24(26(15-25(19)33)43-16-21-6-7-21)28-30-29(35-17-34-28)27(20(2)38(30)18-42-12-13-44(3,4)5)31(39)36-22-8-10-23(11-9-22)37-32(40)41/h14-15,17,21-23,37H,6-13,16,18H2,1-5H3,(H,36,39)(H,40,41). The third-order valence-corrected chi connectivity index (χ3v) is 10.3. The van der Waals surface area contributed by atoms with Crippen LogP contribution < -0.4 is 15.4 Å². The number of aryl methyl sites for hydroxylation is 1. The summed E-state index contributed by atoms with van der Waals surface area (Å²) in [6, 6.07) is 3.99. The van der Waals surface area contributed by atoms with Gasteiger partial charge in [0.05, 0.1) is 17.7 Å². The molecule has 2 aliphatic carbocycles. The largest absolute Gasteiger partial charge is 0.492 e. The van der Waals surface area contributed by atoms with Gasteiger partial charge in [0.1, 0.15) is 35.8 Å². The Bertz CT molecular complexity index is 1530. The van der Waals surface area contributed by atoms with Crippen LogP contribution in [0.25, 0.3) is 22.3 Å². The van der Waals surface area contributed by atoms with Crippen molar-refractivity contribution in [2.24, 2.45) is 5.92 Å². The van der Waals surface area contributed by atoms with Gasteiger partial charge in [0.15, 0.2) is 0 Å². The SMILES string of the molecule is Cc1cc(-c2ncnc3c(C(=O)NC4CCC(NC(=O)O)CC4)c(C)n(COCC[Si](C)(C)C)c23)c(OCC2CC2)cc1F. The van der Waals surface area contributed by atoms with Crippen LogP contribution in [0.5, 0.6) is 5.75 Å². The molecule has 238 valence electrons. The van der Waals surface area contributed by atoms with Gasteiger partial charge in [0, 0.05) is 44.1 Å². The highest BCUT2D eigenvalue weighted by molar-refractivity contribution is 6.76. The van der Waals surface area contributed by atoms with Gasteiger partial charge in [-0.1, -0.05) is 19.6 Å². The Morgan fingerprint density at radius 2 is 1.73 bits per heavy atom. The molecule has 2 aliphatic rings. The van der Waals surface area contributed by atoms with Gasteiger partial charge in [-0.15, -0.1) is 0 Å². The Morgan fingerprint density at radius 1 is 1.05 bits per heavy atom. The quantitative estimate of drug-likeness (QED) is 0.160. The van der Waals surface area contributed by atoms with Crippen LogP contribution in [0.2, 0.25) is 25.7 Å². The third-order valence-electron chi connectivity index (χ3n) is 8.62. The Balaban J connectivity index is 1.51. The molecule has 10 nitrogen and oxygen atoms in total. The number of aromatic nitrogens is 3. The summed E-state index contributed by atoms with van der Waals surface area (Å²) in [4.78, 5) is 34.2. The Kier molecular flexibility index (Phi) is 9.59. The van der Waals surface area contributed by atoms with E-state index in [-0.39, 0.29) is 30.5 Å². The van der Waals surface area contributed by atoms with E-state index in [2.05, 4.69) is 40.2 Å². The highest BCUT2D eigenvalue weighted by Gasteiger charge is 2.30. The Hall–Kier alpha value is -3.51. The van der Waals surface area contributed by atoms with Crippen molar-refractivity contribution in [2.75, 3.05) is 13.2 Å². The number of ether oxygens (including phenoxy) is 2. The van der Waals surface area contributed by atoms with Crippen LogP contribution in [0.4, 0.5) is 9.18 Å². The van der Waals surface area contributed by atoms with Crippen molar-refractivity contribution >= 4 is 31.1 Å². The van der Waals surface area contributed by atoms with Crippen molar-refractivity contribution in [2.45, 2.75) is 96.9 Å². The molecule has 0 aliphatic heterocycles. The van der Waals surface area contributed by atoms with Gasteiger partial charge in [0.25, 0.3) is 5.91 Å². The average molecular weight is 626 g/mol. The smallest absolute Gasteiger partial charge is 0.404 e. The molecule has 44 heavy (non-hydrogen) atoms. The number of fused-ring (bicyclic) bond motifs is 1. The molecule has 0 saturated heterocycles. The van der Waals surface area contributed by atoms with E-state index < -0.39 is 14.2 Å². The van der Waals surface area contributed by atoms with Gasteiger partial charge in [0.2, 0.25) is 0 Å². The zero-order chi connectivity index (χ0) is 31.6. The van der Waals surface area contributed by atoms with E-state index in [9.17, 15) is 14.0 Å². The molecule has 0 atom stereocenters. The van der Waals surface area contributed by atoms with Gasteiger partial charge in [-0.3, -0.25) is 4.79 Å². The highest BCUT2D eigenvalue weighted by Crippen LogP contribution is 2.39. The van der Waals surface area contributed by atoms with Crippen LogP contribution in [0.3, 0.4) is 0 Å². The van der Waals surface area contributed by atoms with Crippen LogP contribution in [0.1, 0.15) is 60.1 Å². The van der Waals surface area contributed by atoms with Crippen molar-refractivity contribution in [3.05, 3.63) is 41.1 Å². The summed E-state index contributed by atoms with van der Waals surface area (Å²) in [6.07, 6.45) is 5.28. The minimum absolute atomic E-state index is 0.0800. The molecule has 0 radical (unpaired) electrons. The van der Waals surface area contributed by atoms with Crippen LogP contribution in [0, 0.1) is 25.6 Å². The molecule has 0 spiro atoms. The van der Waals surface area contributed by atoms with Gasteiger partial charge in [-0.2, -0.15) is 0 Å². The summed E-state index contributed by atoms with van der Waals surface area (Å²) in [5, 5.41) is 14.8. The van der Waals surface area contributed by atoms with Crippen LogP contribution in [-0.2, 0) is 11.5 Å². The second-order valence-electron chi connectivity index (χ2n) is 13.5. The van der Waals surface area contributed by atoms with Gasteiger partial charge in [-0.05, 0) is 76.0 Å². The van der Waals surface area contributed by atoms with E-state index in [0.29, 0.717) is 89.7 Å². The topological polar surface area (TPSA) is 128 Å². The van der Waals surface area contributed by atoms with Crippen molar-refractivity contribution < 1.29 is 28.6 Å². The minimum atomic E-state index is -1.32. The Labute approximate surface area is 258 Å². The number of amides is 2. The summed E-state index contributed by atoms with van der Waals surface area (Å²) < 4.78 is 29.0. The first-order valence-corrected chi connectivity index (χ1v) is 19.3. The van der Waals surface area contributed by atoms with Crippen molar-refractivity contribution in [3.63, 3.8) is 0 Å². The molecule has 2 heterocycles. The summed E-state index contributed by atoms with van der Waals surface area (Å²) in [7, 11) is -1.32. The van der Waals surface area contributed by atoms with E-state index in [4.69, 9.17) is 14.6 Å². The fourth-order valence-corrected chi connectivity index (χ4v) is 6.49. The number of hydrogen-bond donors (Lipinski definition) is 3. The van der Waals surface area contributed by atoms with Crippen molar-refractivity contribution in [1.29, 1.82) is 0 Å². The number of carboxylic acid groups (broad SMARTS) is 1. The first-order valence-electron chi connectivity index (χ1n) is 15.6. The van der Waals surface area contributed by atoms with E-state index in [1.165, 1.54) is 12.4 Å². The predicted octanol–water partition coefficient (Wildman–Crippen LogP) is 6.26. The van der Waals surface area contributed by atoms with E-state index in [0.717, 1.165) is 18.9 Å². The Morgan fingerprint density at radius 3 is 2.36 bits per heavy atom. The molecule has 2 amide bonds. The highest BCUT2D eigenvalue weighted by atomic mass is 28.3. The fraction of sp³-hybridized carbons (Fsp3) is 0.562. The lowest BCUT2D eigenvalue weighted by molar-refractivity contribution is 0.0877. The van der Waals surface area contributed by atoms with Crippen LogP contribution >= 0.6 is 0 Å². The molecular weight excluding hydrogens is 581 g/mol. The monoisotopic (exact) mass is 625 g/mol. The van der Waals surface area contributed by atoms with E-state index in [1.54, 1.807) is 13.0 Å². The normalized spacial score (nSPS) is 18.8. The molecule has 0 bridgehead atoms. The zero-order valence-corrected chi connectivity index (χ0v) is 27.3. The predicted molar refractivity (Wildman–Crippen MR) is 169 cm³/mol. The second-order valence-corrected chi connectivity index (χ2v) is 19.1. The second kappa shape index (κ2) is 13.2. The summed E-state index contributed by atoms with van der Waals surface area (Å²) in [5.74, 6) is 0.309. The summed E-state index contributed by atoms with van der Waals surface area (Å²) >= 11 is 0. The molecule has 2 fully saturated rings. The molecule has 1 aromatic carbocycles. The maximum absolute atomic E-state index is 14.8. The molecule has 2 saturated carbocycles. The number of benzene rings is 1. The maximum Gasteiger partial charge on any atom is 0.404 e. The number of rotatable bonds is 12. The van der Waals surface area contributed by atoms with Crippen molar-refractivity contribution in [1.82, 2.24) is 25.2 Å². The molecule has 3 N–H and O–H groups in total. The van der Waals surface area contributed by atoms with Crippen molar-refractivity contribution in [3.8, 4) is 17.0 Å². The molecule has 3 aromatic rings. The summed E-state index contributed by atoms with van der Waals surface area (Å²) in [5.41, 5.74) is 3.96. The lowest BCUT2D eigenvalue weighted by Gasteiger charge is -2.28. The molecular formula is C32H44FN5O5Si. The molecule has 12 heteroatoms. The van der Waals surface area contributed by atoms with Crippen LogP contribution in [0.15, 0.2) is 18.5 Å². The first kappa shape index (κ1) is 31.9. The van der Waals surface area contributed by atoms with Gasteiger partial charge >= 0.3 is 6.09 Å². The molecule has 2 aromatic heterocycles. The third kappa shape index (κ3) is 7.58. The number of nitrogens with zero attached hydrogens (tertiary/aromatic N) is 3. The summed E-state index contributed by atoms with van der Waals surface area (Å²) in [6.45, 7) is 11.8. The van der Waals surface area contributed by atoms with E-state index in [1.807, 2.05) is 11.5 Å².